The first kappa shape index (κ1) is 19.7. The molecule has 0 atom stereocenters. The quantitative estimate of drug-likeness (QED) is 0.738. The lowest BCUT2D eigenvalue weighted by Crippen LogP contribution is -2.48. The third-order valence-corrected chi connectivity index (χ3v) is 6.46. The zero-order valence-electron chi connectivity index (χ0n) is 15.0. The first-order chi connectivity index (χ1) is 12.9. The van der Waals surface area contributed by atoms with Crippen LogP contribution in [0.2, 0.25) is 0 Å². The van der Waals surface area contributed by atoms with Gasteiger partial charge in [-0.25, -0.2) is 13.4 Å². The van der Waals surface area contributed by atoms with Crippen molar-refractivity contribution in [3.8, 4) is 0 Å². The van der Waals surface area contributed by atoms with E-state index in [0.29, 0.717) is 31.9 Å². The summed E-state index contributed by atoms with van der Waals surface area (Å²) in [6, 6.07) is 13.2. The summed E-state index contributed by atoms with van der Waals surface area (Å²) in [5.41, 5.74) is 1.75. The van der Waals surface area contributed by atoms with E-state index in [2.05, 4.69) is 15.2 Å². The molecule has 7 nitrogen and oxygen atoms in total. The zero-order chi connectivity index (χ0) is 19.3. The number of hydrogen-bond acceptors (Lipinski definition) is 6. The maximum absolute atomic E-state index is 12.1. The summed E-state index contributed by atoms with van der Waals surface area (Å²) in [5, 5.41) is 3.69. The molecule has 9 heteroatoms. The van der Waals surface area contributed by atoms with Crippen LogP contribution in [0.5, 0.6) is 0 Å². The van der Waals surface area contributed by atoms with Gasteiger partial charge in [-0.3, -0.25) is 4.79 Å². The summed E-state index contributed by atoms with van der Waals surface area (Å²) in [7, 11) is -3.12. The summed E-state index contributed by atoms with van der Waals surface area (Å²) in [4.78, 5) is 18.4. The number of amides is 1. The number of nitrogens with zero attached hydrogens (tertiary/aromatic N) is 3. The fraction of sp³-hybridized carbons (Fsp3) is 0.333. The molecule has 144 valence electrons. The molecular weight excluding hydrogens is 384 g/mol. The van der Waals surface area contributed by atoms with Crippen LogP contribution < -0.4 is 10.2 Å². The Kier molecular flexibility index (Phi) is 6.35. The van der Waals surface area contributed by atoms with Crippen LogP contribution in [-0.2, 0) is 14.8 Å². The molecule has 1 aromatic carbocycles. The predicted octanol–water partition coefficient (Wildman–Crippen LogP) is 1.89. The Labute approximate surface area is 163 Å². The Morgan fingerprint density at radius 3 is 2.41 bits per heavy atom. The van der Waals surface area contributed by atoms with Gasteiger partial charge in [-0.15, -0.1) is 0 Å². The summed E-state index contributed by atoms with van der Waals surface area (Å²) >= 11 is 1.39. The molecule has 1 aromatic heterocycles. The molecule has 1 aliphatic rings. The van der Waals surface area contributed by atoms with Gasteiger partial charge >= 0.3 is 0 Å². The number of anilines is 2. The lowest BCUT2D eigenvalue weighted by atomic mass is 10.2. The Morgan fingerprint density at radius 1 is 1.11 bits per heavy atom. The van der Waals surface area contributed by atoms with Gasteiger partial charge < -0.3 is 10.2 Å². The standard InChI is InChI=1S/C18H22N4O3S2/c1-27(24,25)22-12-10-21(11-13-22)16-7-5-15(6-8-16)20-17(23)14-26-18-4-2-3-9-19-18/h2-9H,10-14H2,1H3,(H,20,23). The van der Waals surface area contributed by atoms with Gasteiger partial charge in [-0.1, -0.05) is 17.8 Å². The maximum atomic E-state index is 12.1. The highest BCUT2D eigenvalue weighted by atomic mass is 32.2. The number of pyridine rings is 1. The fourth-order valence-electron chi connectivity index (χ4n) is 2.80. The van der Waals surface area contributed by atoms with E-state index in [1.165, 1.54) is 22.3 Å². The van der Waals surface area contributed by atoms with Crippen LogP contribution >= 0.6 is 11.8 Å². The molecule has 2 heterocycles. The van der Waals surface area contributed by atoms with Crippen molar-refractivity contribution in [2.45, 2.75) is 5.03 Å². The highest BCUT2D eigenvalue weighted by molar-refractivity contribution is 7.99. The van der Waals surface area contributed by atoms with Crippen LogP contribution in [-0.4, -0.2) is 61.8 Å². The summed E-state index contributed by atoms with van der Waals surface area (Å²) in [6.45, 7) is 2.28. The lowest BCUT2D eigenvalue weighted by molar-refractivity contribution is -0.113. The van der Waals surface area contributed by atoms with E-state index in [0.717, 1.165) is 16.4 Å². The van der Waals surface area contributed by atoms with Crippen molar-refractivity contribution in [1.29, 1.82) is 0 Å². The van der Waals surface area contributed by atoms with Crippen LogP contribution in [0.15, 0.2) is 53.7 Å². The minimum absolute atomic E-state index is 0.0832. The highest BCUT2D eigenvalue weighted by Gasteiger charge is 2.23. The predicted molar refractivity (Wildman–Crippen MR) is 109 cm³/mol. The molecule has 1 aliphatic heterocycles. The molecule has 3 rings (SSSR count). The van der Waals surface area contributed by atoms with Gasteiger partial charge in [0.05, 0.1) is 17.0 Å². The van der Waals surface area contributed by atoms with Gasteiger partial charge in [0.1, 0.15) is 0 Å². The van der Waals surface area contributed by atoms with E-state index in [1.54, 1.807) is 6.20 Å². The van der Waals surface area contributed by atoms with Crippen LogP contribution in [0.25, 0.3) is 0 Å². The Hall–Kier alpha value is -2.10. The van der Waals surface area contributed by atoms with Gasteiger partial charge in [0.15, 0.2) is 0 Å². The SMILES string of the molecule is CS(=O)(=O)N1CCN(c2ccc(NC(=O)CSc3ccccn3)cc2)CC1. The van der Waals surface area contributed by atoms with Crippen LogP contribution in [0, 0.1) is 0 Å². The number of benzene rings is 1. The average Bonchev–Trinajstić information content (AvgIpc) is 2.67. The van der Waals surface area contributed by atoms with Crippen molar-refractivity contribution in [1.82, 2.24) is 9.29 Å². The summed E-state index contributed by atoms with van der Waals surface area (Å²) < 4.78 is 24.7. The molecule has 0 saturated carbocycles. The van der Waals surface area contributed by atoms with Crippen LogP contribution in [0.4, 0.5) is 11.4 Å². The molecule has 1 fully saturated rings. The van der Waals surface area contributed by atoms with Gasteiger partial charge in [0.25, 0.3) is 0 Å². The van der Waals surface area contributed by atoms with Crippen molar-refractivity contribution < 1.29 is 13.2 Å². The van der Waals surface area contributed by atoms with Gasteiger partial charge in [0, 0.05) is 43.8 Å². The Balaban J connectivity index is 1.49. The number of aromatic nitrogens is 1. The molecule has 0 spiro atoms. The second-order valence-corrected chi connectivity index (χ2v) is 9.18. The van der Waals surface area contributed by atoms with E-state index in [9.17, 15) is 13.2 Å². The third kappa shape index (κ3) is 5.69. The Bertz CT molecular complexity index is 865. The number of rotatable bonds is 6. The van der Waals surface area contributed by atoms with Gasteiger partial charge in [-0.2, -0.15) is 4.31 Å². The van der Waals surface area contributed by atoms with Crippen LogP contribution in [0.1, 0.15) is 0 Å². The Morgan fingerprint density at radius 2 is 1.81 bits per heavy atom. The molecule has 0 unspecified atom stereocenters. The number of carbonyl (C=O) groups excluding carboxylic acids is 1. The molecular formula is C18H22N4O3S2. The minimum Gasteiger partial charge on any atom is -0.369 e. The zero-order valence-corrected chi connectivity index (χ0v) is 16.7. The first-order valence-electron chi connectivity index (χ1n) is 8.55. The van der Waals surface area contributed by atoms with Crippen molar-refractivity contribution in [2.24, 2.45) is 0 Å². The number of nitrogens with one attached hydrogen (secondary N) is 1. The molecule has 1 saturated heterocycles. The molecule has 2 aromatic rings. The minimum atomic E-state index is -3.12. The van der Waals surface area contributed by atoms with Crippen molar-refractivity contribution >= 4 is 39.1 Å². The van der Waals surface area contributed by atoms with Crippen molar-refractivity contribution in [3.05, 3.63) is 48.7 Å². The molecule has 1 amide bonds. The number of carbonyl (C=O) groups is 1. The maximum Gasteiger partial charge on any atom is 0.234 e. The number of sulfonamides is 1. The molecule has 0 radical (unpaired) electrons. The number of hydrogen-bond donors (Lipinski definition) is 1. The lowest BCUT2D eigenvalue weighted by Gasteiger charge is -2.34. The van der Waals surface area contributed by atoms with Gasteiger partial charge in [-0.05, 0) is 36.4 Å². The topological polar surface area (TPSA) is 82.6 Å². The van der Waals surface area contributed by atoms with E-state index in [4.69, 9.17) is 0 Å². The smallest absolute Gasteiger partial charge is 0.234 e. The second-order valence-electron chi connectivity index (χ2n) is 6.20. The van der Waals surface area contributed by atoms with Crippen molar-refractivity contribution in [2.75, 3.05) is 48.4 Å². The number of piperazine rings is 1. The largest absolute Gasteiger partial charge is 0.369 e. The molecule has 0 aliphatic carbocycles. The molecule has 1 N–H and O–H groups in total. The highest BCUT2D eigenvalue weighted by Crippen LogP contribution is 2.21. The van der Waals surface area contributed by atoms with E-state index in [-0.39, 0.29) is 5.91 Å². The average molecular weight is 407 g/mol. The first-order valence-corrected chi connectivity index (χ1v) is 11.4. The van der Waals surface area contributed by atoms with E-state index >= 15 is 0 Å². The van der Waals surface area contributed by atoms with Gasteiger partial charge in [0.2, 0.25) is 15.9 Å². The monoisotopic (exact) mass is 406 g/mol. The molecule has 27 heavy (non-hydrogen) atoms. The third-order valence-electron chi connectivity index (χ3n) is 4.21. The van der Waals surface area contributed by atoms with Crippen molar-refractivity contribution in [3.63, 3.8) is 0 Å². The van der Waals surface area contributed by atoms with Crippen LogP contribution in [0.3, 0.4) is 0 Å². The van der Waals surface area contributed by atoms with E-state index in [1.807, 2.05) is 42.5 Å². The summed E-state index contributed by atoms with van der Waals surface area (Å²) in [6.07, 6.45) is 2.95. The summed E-state index contributed by atoms with van der Waals surface area (Å²) in [5.74, 6) is 0.215. The molecule has 0 bridgehead atoms. The van der Waals surface area contributed by atoms with E-state index < -0.39 is 10.0 Å². The fourth-order valence-corrected chi connectivity index (χ4v) is 4.29. The number of thioether (sulfide) groups is 1. The second kappa shape index (κ2) is 8.73. The normalized spacial score (nSPS) is 15.5.